The molecule has 0 amide bonds. The number of ether oxygens (including phenoxy) is 1. The van der Waals surface area contributed by atoms with Gasteiger partial charge in [0.25, 0.3) is 0 Å². The lowest BCUT2D eigenvalue weighted by atomic mass is 10.2. The zero-order chi connectivity index (χ0) is 8.81. The van der Waals surface area contributed by atoms with E-state index in [9.17, 15) is 0 Å². The van der Waals surface area contributed by atoms with Crippen molar-refractivity contribution < 1.29 is 4.74 Å². The van der Waals surface area contributed by atoms with Gasteiger partial charge >= 0.3 is 0 Å². The van der Waals surface area contributed by atoms with Crippen molar-refractivity contribution in [3.63, 3.8) is 0 Å². The largest absolute Gasteiger partial charge is 0.377 e. The van der Waals surface area contributed by atoms with E-state index in [1.165, 1.54) is 12.8 Å². The minimum absolute atomic E-state index is 0.479. The summed E-state index contributed by atoms with van der Waals surface area (Å²) in [4.78, 5) is 2.18. The molecule has 72 valence electrons. The lowest BCUT2D eigenvalue weighted by Gasteiger charge is -2.13. The molecule has 12 heavy (non-hydrogen) atoms. The Bertz CT molecular complexity index is 111. The highest BCUT2D eigenvalue weighted by Gasteiger charge is 2.13. The van der Waals surface area contributed by atoms with Crippen LogP contribution in [0, 0.1) is 0 Å². The Morgan fingerprint density at radius 2 is 2.33 bits per heavy atom. The van der Waals surface area contributed by atoms with Crippen LogP contribution in [0.3, 0.4) is 0 Å². The van der Waals surface area contributed by atoms with Gasteiger partial charge in [0.1, 0.15) is 0 Å². The van der Waals surface area contributed by atoms with Gasteiger partial charge in [-0.05, 0) is 26.9 Å². The molecule has 0 aliphatic carbocycles. The van der Waals surface area contributed by atoms with Gasteiger partial charge in [-0.2, -0.15) is 0 Å². The molecule has 0 aromatic carbocycles. The number of hydrogen-bond acceptors (Lipinski definition) is 3. The van der Waals surface area contributed by atoms with E-state index in [1.54, 1.807) is 0 Å². The molecule has 0 bridgehead atoms. The van der Waals surface area contributed by atoms with Gasteiger partial charge in [-0.1, -0.05) is 0 Å². The highest BCUT2D eigenvalue weighted by molar-refractivity contribution is 4.67. The fourth-order valence-electron chi connectivity index (χ4n) is 1.37. The molecular formula is C9H20N2O. The average molecular weight is 172 g/mol. The summed E-state index contributed by atoms with van der Waals surface area (Å²) in [5.41, 5.74) is 0. The molecule has 1 rings (SSSR count). The maximum absolute atomic E-state index is 5.48. The first-order chi connectivity index (χ1) is 5.79. The predicted molar refractivity (Wildman–Crippen MR) is 50.4 cm³/mol. The first-order valence-electron chi connectivity index (χ1n) is 4.76. The molecule has 1 atom stereocenters. The molecule has 1 aliphatic heterocycles. The minimum Gasteiger partial charge on any atom is -0.377 e. The van der Waals surface area contributed by atoms with Crippen molar-refractivity contribution in [2.24, 2.45) is 0 Å². The summed E-state index contributed by atoms with van der Waals surface area (Å²) in [6, 6.07) is 0. The van der Waals surface area contributed by atoms with Crippen LogP contribution < -0.4 is 5.32 Å². The molecular weight excluding hydrogens is 152 g/mol. The standard InChI is InChI=1S/C9H20N2O/c1-11(2)6-5-10-8-9-4-3-7-12-9/h9-10H,3-8H2,1-2H3/t9-/m1/s1. The Morgan fingerprint density at radius 1 is 1.50 bits per heavy atom. The number of nitrogens with zero attached hydrogens (tertiary/aromatic N) is 1. The second kappa shape index (κ2) is 5.51. The molecule has 1 fully saturated rings. The molecule has 1 saturated heterocycles. The molecule has 1 heterocycles. The van der Waals surface area contributed by atoms with Crippen LogP contribution in [0.2, 0.25) is 0 Å². The monoisotopic (exact) mass is 172 g/mol. The fourth-order valence-corrected chi connectivity index (χ4v) is 1.37. The number of nitrogens with one attached hydrogen (secondary N) is 1. The summed E-state index contributed by atoms with van der Waals surface area (Å²) in [6.45, 7) is 4.15. The number of likely N-dealkylation sites (N-methyl/N-ethyl adjacent to an activating group) is 1. The van der Waals surface area contributed by atoms with Crippen LogP contribution in [-0.4, -0.2) is 51.3 Å². The Hall–Kier alpha value is -0.120. The van der Waals surface area contributed by atoms with Crippen LogP contribution >= 0.6 is 0 Å². The Morgan fingerprint density at radius 3 is 2.92 bits per heavy atom. The van der Waals surface area contributed by atoms with E-state index >= 15 is 0 Å². The highest BCUT2D eigenvalue weighted by Crippen LogP contribution is 2.10. The Kier molecular flexibility index (Phi) is 4.58. The predicted octanol–water partition coefficient (Wildman–Crippen LogP) is 0.317. The lowest BCUT2D eigenvalue weighted by Crippen LogP contribution is -2.32. The zero-order valence-corrected chi connectivity index (χ0v) is 8.18. The summed E-state index contributed by atoms with van der Waals surface area (Å²) < 4.78 is 5.48. The third kappa shape index (κ3) is 4.04. The highest BCUT2D eigenvalue weighted by atomic mass is 16.5. The molecule has 1 aliphatic rings. The summed E-state index contributed by atoms with van der Waals surface area (Å²) in [5, 5.41) is 3.39. The minimum atomic E-state index is 0.479. The van der Waals surface area contributed by atoms with Gasteiger partial charge in [-0.25, -0.2) is 0 Å². The number of rotatable bonds is 5. The molecule has 0 spiro atoms. The maximum atomic E-state index is 5.48. The first kappa shape index (κ1) is 9.96. The van der Waals surface area contributed by atoms with Gasteiger partial charge < -0.3 is 15.0 Å². The van der Waals surface area contributed by atoms with Crippen molar-refractivity contribution in [3.8, 4) is 0 Å². The van der Waals surface area contributed by atoms with Crippen LogP contribution in [0.4, 0.5) is 0 Å². The van der Waals surface area contributed by atoms with E-state index in [4.69, 9.17) is 4.74 Å². The van der Waals surface area contributed by atoms with E-state index in [0.29, 0.717) is 6.10 Å². The maximum Gasteiger partial charge on any atom is 0.0700 e. The summed E-state index contributed by atoms with van der Waals surface area (Å²) in [6.07, 6.45) is 2.95. The summed E-state index contributed by atoms with van der Waals surface area (Å²) >= 11 is 0. The summed E-state index contributed by atoms with van der Waals surface area (Å²) in [5.74, 6) is 0. The van der Waals surface area contributed by atoms with Crippen molar-refractivity contribution >= 4 is 0 Å². The molecule has 0 unspecified atom stereocenters. The van der Waals surface area contributed by atoms with E-state index in [0.717, 1.165) is 26.2 Å². The van der Waals surface area contributed by atoms with E-state index in [1.807, 2.05) is 0 Å². The van der Waals surface area contributed by atoms with Gasteiger partial charge in [-0.15, -0.1) is 0 Å². The molecule has 0 aromatic rings. The van der Waals surface area contributed by atoms with Crippen molar-refractivity contribution in [2.45, 2.75) is 18.9 Å². The fraction of sp³-hybridized carbons (Fsp3) is 1.00. The quantitative estimate of drug-likeness (QED) is 0.604. The lowest BCUT2D eigenvalue weighted by molar-refractivity contribution is 0.110. The molecule has 3 heteroatoms. The Balaban J connectivity index is 1.88. The topological polar surface area (TPSA) is 24.5 Å². The molecule has 0 saturated carbocycles. The van der Waals surface area contributed by atoms with Crippen LogP contribution in [0.15, 0.2) is 0 Å². The van der Waals surface area contributed by atoms with E-state index < -0.39 is 0 Å². The van der Waals surface area contributed by atoms with Crippen LogP contribution in [0.5, 0.6) is 0 Å². The second-order valence-corrected chi connectivity index (χ2v) is 3.64. The van der Waals surface area contributed by atoms with Crippen LogP contribution in [0.1, 0.15) is 12.8 Å². The normalized spacial score (nSPS) is 23.8. The summed E-state index contributed by atoms with van der Waals surface area (Å²) in [7, 11) is 4.18. The van der Waals surface area contributed by atoms with Crippen molar-refractivity contribution in [3.05, 3.63) is 0 Å². The average Bonchev–Trinajstić information content (AvgIpc) is 2.49. The molecule has 0 aromatic heterocycles. The van der Waals surface area contributed by atoms with Gasteiger partial charge in [0.15, 0.2) is 0 Å². The van der Waals surface area contributed by atoms with E-state index in [2.05, 4.69) is 24.3 Å². The van der Waals surface area contributed by atoms with Gasteiger partial charge in [-0.3, -0.25) is 0 Å². The second-order valence-electron chi connectivity index (χ2n) is 3.64. The zero-order valence-electron chi connectivity index (χ0n) is 8.18. The van der Waals surface area contributed by atoms with Crippen molar-refractivity contribution in [2.75, 3.05) is 40.3 Å². The van der Waals surface area contributed by atoms with Crippen LogP contribution in [0.25, 0.3) is 0 Å². The molecule has 3 nitrogen and oxygen atoms in total. The van der Waals surface area contributed by atoms with Gasteiger partial charge in [0.2, 0.25) is 0 Å². The third-order valence-electron chi connectivity index (χ3n) is 2.13. The molecule has 0 radical (unpaired) electrons. The van der Waals surface area contributed by atoms with E-state index in [-0.39, 0.29) is 0 Å². The molecule has 1 N–H and O–H groups in total. The van der Waals surface area contributed by atoms with Crippen molar-refractivity contribution in [1.82, 2.24) is 10.2 Å². The Labute approximate surface area is 75.1 Å². The third-order valence-corrected chi connectivity index (χ3v) is 2.13. The van der Waals surface area contributed by atoms with Gasteiger partial charge in [0, 0.05) is 26.2 Å². The number of hydrogen-bond donors (Lipinski definition) is 1. The van der Waals surface area contributed by atoms with Crippen LogP contribution in [-0.2, 0) is 4.74 Å². The first-order valence-corrected chi connectivity index (χ1v) is 4.76. The van der Waals surface area contributed by atoms with Crippen molar-refractivity contribution in [1.29, 1.82) is 0 Å². The smallest absolute Gasteiger partial charge is 0.0700 e. The van der Waals surface area contributed by atoms with Gasteiger partial charge in [0.05, 0.1) is 6.10 Å². The SMILES string of the molecule is CN(C)CCNC[C@H]1CCCO1.